The van der Waals surface area contributed by atoms with Gasteiger partial charge in [0.2, 0.25) is 0 Å². The molecule has 74 heteroatoms. The fourth-order valence-electron chi connectivity index (χ4n) is 5.86. The SMILES string of the molecule is C[SiH](C)O[SiH]1O[SiH](C)O[SiH](O[SiH](C)O)O[SiH](O[SiH]2O[SiH](C)O[SiH](C)O[SiH2]O[SiH](O)O[SiH](O[SiH](O)O[SiH]3O[SiH](O)O[SiH](C)O[SiH]4O[SiH](O)O[SiH](C)O[SiH](O[SiH](C)O[SiH](O)O[SiH](C)O)O[SiH](O[SiH](O)O3)O4)O2)O[SiH](O[SiH](O)O)O[SiH](O[SiH](C)O[SiH](C)O)O1. The van der Waals surface area contributed by atoms with Gasteiger partial charge in [0.05, 0.1) is 0 Å². The van der Waals surface area contributed by atoms with Crippen LogP contribution in [0.2, 0.25) is 78.6 Å². The molecule has 0 aromatic heterocycles. The van der Waals surface area contributed by atoms with Crippen LogP contribution in [0.15, 0.2) is 0 Å². The van der Waals surface area contributed by atoms with E-state index in [-0.39, 0.29) is 0 Å². The monoisotopic (exact) mass is 1770 g/mol. The summed E-state index contributed by atoms with van der Waals surface area (Å²) in [5.41, 5.74) is 0. The van der Waals surface area contributed by atoms with Crippen molar-refractivity contribution in [2.45, 2.75) is 78.6 Å². The van der Waals surface area contributed by atoms with E-state index in [0.717, 1.165) is 0 Å². The lowest BCUT2D eigenvalue weighted by atomic mass is 11.9. The Balaban J connectivity index is 1.66. The van der Waals surface area contributed by atoms with Gasteiger partial charge in [-0.2, -0.15) is 0 Å². The summed E-state index contributed by atoms with van der Waals surface area (Å²) in [5.74, 6) is 0. The summed E-state index contributed by atoms with van der Waals surface area (Å²) < 4.78 is 194. The highest BCUT2D eigenvalue weighted by Crippen LogP contribution is 2.19. The molecule has 0 aliphatic carbocycles. The van der Waals surface area contributed by atoms with Crippen molar-refractivity contribution in [2.24, 2.45) is 0 Å². The van der Waals surface area contributed by atoms with Gasteiger partial charge in [-0.05, 0) is 78.6 Å². The molecule has 0 spiro atoms. The summed E-state index contributed by atoms with van der Waals surface area (Å²) >= 11 is 0. The van der Waals surface area contributed by atoms with Crippen LogP contribution in [0, 0.1) is 0 Å². The van der Waals surface area contributed by atoms with Gasteiger partial charge in [-0.1, -0.05) is 0 Å². The molecule has 4 saturated heterocycles. The van der Waals surface area contributed by atoms with E-state index in [1.807, 2.05) is 13.1 Å². The molecule has 0 aromatic carbocycles. The molecule has 0 amide bonds. The second-order valence-corrected chi connectivity index (χ2v) is 77.8. The highest BCUT2D eigenvalue weighted by atomic mass is 28.6. The van der Waals surface area contributed by atoms with Crippen molar-refractivity contribution >= 4 is 283 Å². The van der Waals surface area contributed by atoms with Crippen molar-refractivity contribution in [3.63, 3.8) is 0 Å². The number of rotatable bonds is 22. The molecule has 4 rings (SSSR count). The predicted octanol–water partition coefficient (Wildman–Crippen LogP) is -21.1. The van der Waals surface area contributed by atoms with Crippen LogP contribution in [-0.4, -0.2) is 336 Å². The van der Waals surface area contributed by atoms with Crippen molar-refractivity contribution in [1.82, 2.24) is 0 Å². The molecule has 11 N–H and O–H groups in total. The van der Waals surface area contributed by atoms with Crippen molar-refractivity contribution in [1.29, 1.82) is 0 Å². The second-order valence-electron chi connectivity index (χ2n) is 16.8. The molecule has 27 unspecified atom stereocenters. The fourth-order valence-corrected chi connectivity index (χ4v) is 80.3. The van der Waals surface area contributed by atoms with Crippen LogP contribution in [0.3, 0.4) is 0 Å². The van der Waals surface area contributed by atoms with Gasteiger partial charge >= 0.3 is 255 Å². The van der Waals surface area contributed by atoms with Crippen LogP contribution in [0.25, 0.3) is 0 Å². The van der Waals surface area contributed by atoms with Gasteiger partial charge in [0.1, 0.15) is 0 Å². The first-order valence-electron chi connectivity index (χ1n) is 25.4. The van der Waals surface area contributed by atoms with Gasteiger partial charge in [0.15, 0.2) is 9.04 Å². The van der Waals surface area contributed by atoms with Crippen molar-refractivity contribution in [2.75, 3.05) is 0 Å². The van der Waals surface area contributed by atoms with E-state index in [0.29, 0.717) is 0 Å². The standard InChI is InChI=1S/C12H78O44Si30/c1-58(2)26-76-39-68(12)40-77(29-61(5)15)50-86(56-82(41-69(16)17)53-80(49-76)34-63(7)27-59(3)13)55-81-35-64(8)30-62(6)24-57-25-70(18)42-84(54-81)47-74(22)45-83-44-73(21)33-67(11)38-79-43-72(20)32-66(10)37-78(51-85(52-79)48-75(23)46-83)36-65(9)31-71(19)28-60(4)14/h13-23,58-86H,57H2,1-12H3. The van der Waals surface area contributed by atoms with E-state index in [9.17, 15) is 52.8 Å². The summed E-state index contributed by atoms with van der Waals surface area (Å²) in [6, 6.07) is 0. The average Bonchev–Trinajstić information content (AvgIpc) is 3.53. The maximum absolute atomic E-state index is 11.6. The smallest absolute Gasteiger partial charge is 0.423 e. The molecular weight excluding hydrogens is 1690 g/mol. The van der Waals surface area contributed by atoms with E-state index >= 15 is 0 Å². The van der Waals surface area contributed by atoms with Gasteiger partial charge in [-0.15, -0.1) is 0 Å². The molecule has 4 aliphatic rings. The lowest BCUT2D eigenvalue weighted by molar-refractivity contribution is 0.124. The molecule has 4 fully saturated rings. The van der Waals surface area contributed by atoms with Crippen molar-refractivity contribution < 1.29 is 189 Å². The number of hydrogen-bond donors (Lipinski definition) is 11. The third kappa shape index (κ3) is 37.6. The largest absolute Gasteiger partial charge is 0.471 e. The van der Waals surface area contributed by atoms with E-state index in [1.165, 1.54) is 39.3 Å². The molecular formula is C12H78O44Si30. The minimum atomic E-state index is -4.33. The summed E-state index contributed by atoms with van der Waals surface area (Å²) in [5, 5.41) is 0. The molecule has 4 heterocycles. The molecule has 44 nitrogen and oxygen atoms in total. The van der Waals surface area contributed by atoms with Gasteiger partial charge in [0.25, 0.3) is 19.3 Å². The molecule has 2 bridgehead atoms. The topological polar surface area (TPSA) is 527 Å². The number of hydrogen-bond acceptors (Lipinski definition) is 44. The van der Waals surface area contributed by atoms with Crippen LogP contribution >= 0.6 is 0 Å². The van der Waals surface area contributed by atoms with Crippen molar-refractivity contribution in [3.8, 4) is 0 Å². The minimum Gasteiger partial charge on any atom is -0.423 e. The molecule has 0 saturated carbocycles. The Bertz CT molecular complexity index is 1790. The van der Waals surface area contributed by atoms with Gasteiger partial charge in [0, 0.05) is 0 Å². The van der Waals surface area contributed by atoms with Gasteiger partial charge in [-0.3, -0.25) is 0 Å². The molecule has 4 aliphatic heterocycles. The van der Waals surface area contributed by atoms with Crippen LogP contribution in [0.1, 0.15) is 0 Å². The molecule has 0 aromatic rings. The maximum Gasteiger partial charge on any atom is 0.471 e. The van der Waals surface area contributed by atoms with Crippen LogP contribution in [-0.2, 0) is 136 Å². The highest BCUT2D eigenvalue weighted by Gasteiger charge is 2.46. The normalized spacial score (nSPS) is 39.2. The maximum atomic E-state index is 11.6. The Hall–Kier alpha value is 4.75. The first-order chi connectivity index (χ1) is 40.4. The van der Waals surface area contributed by atoms with Gasteiger partial charge < -0.3 is 189 Å². The quantitative estimate of drug-likeness (QED) is 0.0448. The van der Waals surface area contributed by atoms with E-state index in [4.69, 9.17) is 136 Å². The Morgan fingerprint density at radius 1 is 0.302 bits per heavy atom. The molecule has 0 radical (unpaired) electrons. The summed E-state index contributed by atoms with van der Waals surface area (Å²) in [6.07, 6.45) is 0. The Morgan fingerprint density at radius 2 is 0.709 bits per heavy atom. The van der Waals surface area contributed by atoms with Crippen LogP contribution in [0.5, 0.6) is 0 Å². The van der Waals surface area contributed by atoms with Crippen molar-refractivity contribution in [3.05, 3.63) is 0 Å². The lowest BCUT2D eigenvalue weighted by Crippen LogP contribution is -2.57. The lowest BCUT2D eigenvalue weighted by Gasteiger charge is -2.34. The summed E-state index contributed by atoms with van der Waals surface area (Å²) in [6.45, 7) is 18.9. The summed E-state index contributed by atoms with van der Waals surface area (Å²) in [7, 11) is -101. The zero-order chi connectivity index (χ0) is 63.8. The predicted molar refractivity (Wildman–Crippen MR) is 346 cm³/mol. The molecule has 510 valence electrons. The van der Waals surface area contributed by atoms with Crippen LogP contribution in [0.4, 0.5) is 0 Å². The number of fused-ring (bicyclic) bond motifs is 2. The van der Waals surface area contributed by atoms with E-state index in [2.05, 4.69) is 0 Å². The van der Waals surface area contributed by atoms with Crippen LogP contribution < -0.4 is 0 Å². The zero-order valence-corrected chi connectivity index (χ0v) is 82.7. The molecule has 86 heavy (non-hydrogen) atoms. The highest BCUT2D eigenvalue weighted by molar-refractivity contribution is 6.79. The average molecular weight is 1770 g/mol. The third-order valence-electron chi connectivity index (χ3n) is 8.94. The third-order valence-corrected chi connectivity index (χ3v) is 80.4. The van der Waals surface area contributed by atoms with Gasteiger partial charge in [-0.25, -0.2) is 0 Å². The molecule has 27 atom stereocenters. The summed E-state index contributed by atoms with van der Waals surface area (Å²) in [4.78, 5) is 117. The Kier molecular flexibility index (Phi) is 43.2. The first kappa shape index (κ1) is 83.2. The minimum absolute atomic E-state index is 1.40. The van der Waals surface area contributed by atoms with E-state index in [1.54, 1.807) is 26.2 Å². The Labute approximate surface area is 546 Å². The fraction of sp³-hybridized carbons (Fsp3) is 1.00. The first-order valence-corrected chi connectivity index (χ1v) is 76.3. The Morgan fingerprint density at radius 3 is 1.27 bits per heavy atom. The van der Waals surface area contributed by atoms with E-state index < -0.39 is 283 Å². The second kappa shape index (κ2) is 44.7. The zero-order valence-electron chi connectivity index (χ0n) is 47.8.